The van der Waals surface area contributed by atoms with Crippen molar-refractivity contribution in [3.8, 4) is 5.75 Å². The lowest BCUT2D eigenvalue weighted by Crippen LogP contribution is -1.99. The Morgan fingerprint density at radius 1 is 1.58 bits per heavy atom. The van der Waals surface area contributed by atoms with Gasteiger partial charge in [-0.05, 0) is 30.7 Å². The Morgan fingerprint density at radius 2 is 2.25 bits per heavy atom. The molecule has 1 N–H and O–H groups in total. The first-order valence-corrected chi connectivity index (χ1v) is 4.07. The fraction of sp³-hybridized carbons (Fsp3) is 0.222. The number of carbonyl (C=O) groups is 1. The number of Topliss-reactive ketones (excluding diaryl/α,β-unsaturated/α-hetero) is 1. The van der Waals surface area contributed by atoms with Crippen LogP contribution < -0.4 is 0 Å². The predicted octanol–water partition coefficient (Wildman–Crippen LogP) is 2.12. The molecule has 1 rings (SSSR count). The summed E-state index contributed by atoms with van der Waals surface area (Å²) in [5.41, 5.74) is 1.23. The van der Waals surface area contributed by atoms with E-state index in [2.05, 4.69) is 0 Å². The van der Waals surface area contributed by atoms with Crippen molar-refractivity contribution >= 4 is 17.4 Å². The minimum Gasteiger partial charge on any atom is -0.508 e. The van der Waals surface area contributed by atoms with Gasteiger partial charge in [0.25, 0.3) is 0 Å². The van der Waals surface area contributed by atoms with Crippen molar-refractivity contribution in [3.05, 3.63) is 29.3 Å². The van der Waals surface area contributed by atoms with Crippen molar-refractivity contribution in [2.24, 2.45) is 0 Å². The van der Waals surface area contributed by atoms with Crippen molar-refractivity contribution in [1.29, 1.82) is 0 Å². The third-order valence-corrected chi connectivity index (χ3v) is 1.88. The Bertz CT molecular complexity index is 307. The zero-order chi connectivity index (χ0) is 9.14. The molecule has 0 spiro atoms. The lowest BCUT2D eigenvalue weighted by atomic mass is 10.1. The maximum atomic E-state index is 11.1. The molecule has 0 atom stereocenters. The van der Waals surface area contributed by atoms with Gasteiger partial charge in [0, 0.05) is 5.56 Å². The molecule has 2 nitrogen and oxygen atoms in total. The maximum absolute atomic E-state index is 11.1. The topological polar surface area (TPSA) is 37.3 Å². The van der Waals surface area contributed by atoms with E-state index in [4.69, 9.17) is 16.7 Å². The Hall–Kier alpha value is -1.02. The van der Waals surface area contributed by atoms with Gasteiger partial charge in [-0.1, -0.05) is 0 Å². The van der Waals surface area contributed by atoms with Crippen LogP contribution in [0.2, 0.25) is 0 Å². The third-order valence-electron chi connectivity index (χ3n) is 1.64. The van der Waals surface area contributed by atoms with Crippen LogP contribution in [0.4, 0.5) is 0 Å². The molecule has 0 saturated heterocycles. The van der Waals surface area contributed by atoms with Gasteiger partial charge < -0.3 is 5.11 Å². The molecule has 0 radical (unpaired) electrons. The van der Waals surface area contributed by atoms with Gasteiger partial charge in [0.1, 0.15) is 5.75 Å². The molecule has 0 saturated carbocycles. The predicted molar refractivity (Wildman–Crippen MR) is 47.9 cm³/mol. The number of halogens is 1. The van der Waals surface area contributed by atoms with Gasteiger partial charge in [-0.15, -0.1) is 11.6 Å². The molecule has 0 aliphatic heterocycles. The van der Waals surface area contributed by atoms with Gasteiger partial charge in [0.05, 0.1) is 5.88 Å². The highest BCUT2D eigenvalue weighted by Crippen LogP contribution is 2.17. The van der Waals surface area contributed by atoms with Crippen molar-refractivity contribution in [1.82, 2.24) is 0 Å². The lowest BCUT2D eigenvalue weighted by Gasteiger charge is -2.00. The Morgan fingerprint density at radius 3 is 2.75 bits per heavy atom. The van der Waals surface area contributed by atoms with Gasteiger partial charge >= 0.3 is 0 Å². The fourth-order valence-corrected chi connectivity index (χ4v) is 1.06. The highest BCUT2D eigenvalue weighted by atomic mass is 35.5. The smallest absolute Gasteiger partial charge is 0.177 e. The molecule has 0 aliphatic carbocycles. The molecule has 0 fully saturated rings. The summed E-state index contributed by atoms with van der Waals surface area (Å²) < 4.78 is 0. The molecule has 12 heavy (non-hydrogen) atoms. The molecule has 0 aliphatic rings. The lowest BCUT2D eigenvalue weighted by molar-refractivity contribution is 0.102. The number of rotatable bonds is 2. The summed E-state index contributed by atoms with van der Waals surface area (Å²) in [6.07, 6.45) is 0. The molecule has 0 bridgehead atoms. The van der Waals surface area contributed by atoms with Gasteiger partial charge in [0.15, 0.2) is 5.78 Å². The summed E-state index contributed by atoms with van der Waals surface area (Å²) in [6, 6.07) is 4.68. The number of phenols is 1. The average Bonchev–Trinajstić information content (AvgIpc) is 2.08. The van der Waals surface area contributed by atoms with Gasteiger partial charge in [-0.3, -0.25) is 4.79 Å². The summed E-state index contributed by atoms with van der Waals surface area (Å²) in [5, 5.41) is 9.15. The summed E-state index contributed by atoms with van der Waals surface area (Å²) in [7, 11) is 0. The highest BCUT2D eigenvalue weighted by Gasteiger charge is 2.05. The van der Waals surface area contributed by atoms with Crippen LogP contribution in [0.15, 0.2) is 18.2 Å². The number of alkyl halides is 1. The number of hydrogen-bond donors (Lipinski definition) is 1. The number of phenolic OH excluding ortho intramolecular Hbond substituents is 1. The van der Waals surface area contributed by atoms with Crippen LogP contribution >= 0.6 is 11.6 Å². The van der Waals surface area contributed by atoms with E-state index in [1.165, 1.54) is 6.07 Å². The molecule has 0 aromatic heterocycles. The van der Waals surface area contributed by atoms with E-state index < -0.39 is 0 Å². The molecule has 1 aromatic rings. The van der Waals surface area contributed by atoms with Crippen molar-refractivity contribution < 1.29 is 9.90 Å². The van der Waals surface area contributed by atoms with Crippen molar-refractivity contribution in [2.45, 2.75) is 6.92 Å². The minimum absolute atomic E-state index is 0.0236. The molecule has 0 heterocycles. The van der Waals surface area contributed by atoms with E-state index in [9.17, 15) is 4.79 Å². The van der Waals surface area contributed by atoms with Gasteiger partial charge in [-0.2, -0.15) is 0 Å². The normalized spacial score (nSPS) is 9.83. The zero-order valence-electron chi connectivity index (χ0n) is 6.67. The van der Waals surface area contributed by atoms with Gasteiger partial charge in [-0.25, -0.2) is 0 Å². The van der Waals surface area contributed by atoms with E-state index in [-0.39, 0.29) is 17.4 Å². The number of hydrogen-bond acceptors (Lipinski definition) is 2. The first-order valence-electron chi connectivity index (χ1n) is 3.54. The van der Waals surface area contributed by atoms with Crippen LogP contribution in [0, 0.1) is 6.92 Å². The molecule has 0 unspecified atom stereocenters. The van der Waals surface area contributed by atoms with Crippen LogP contribution in [-0.2, 0) is 0 Å². The number of ketones is 1. The van der Waals surface area contributed by atoms with E-state index in [0.717, 1.165) is 0 Å². The Kier molecular flexibility index (Phi) is 2.71. The summed E-state index contributed by atoms with van der Waals surface area (Å²) >= 11 is 5.37. The molecular formula is C9H9ClO2. The molecule has 64 valence electrons. The number of aromatic hydroxyl groups is 1. The molecule has 1 aromatic carbocycles. The summed E-state index contributed by atoms with van der Waals surface area (Å²) in [5.74, 6) is 0.0467. The number of aryl methyl sites for hydroxylation is 1. The van der Waals surface area contributed by atoms with Crippen molar-refractivity contribution in [2.75, 3.05) is 5.88 Å². The van der Waals surface area contributed by atoms with Crippen LogP contribution in [0.25, 0.3) is 0 Å². The second-order valence-electron chi connectivity index (χ2n) is 2.56. The quantitative estimate of drug-likeness (QED) is 0.565. The monoisotopic (exact) mass is 184 g/mol. The van der Waals surface area contributed by atoms with Crippen LogP contribution in [0.3, 0.4) is 0 Å². The van der Waals surface area contributed by atoms with Crippen LogP contribution in [0.5, 0.6) is 5.75 Å². The third kappa shape index (κ3) is 1.77. The molecule has 0 amide bonds. The van der Waals surface area contributed by atoms with Crippen LogP contribution in [-0.4, -0.2) is 16.8 Å². The summed E-state index contributed by atoms with van der Waals surface area (Å²) in [4.78, 5) is 11.1. The summed E-state index contributed by atoms with van der Waals surface area (Å²) in [6.45, 7) is 1.74. The zero-order valence-corrected chi connectivity index (χ0v) is 7.43. The number of carbonyl (C=O) groups excluding carboxylic acids is 1. The van der Waals surface area contributed by atoms with Gasteiger partial charge in [0.2, 0.25) is 0 Å². The fourth-order valence-electron chi connectivity index (χ4n) is 0.906. The standard InChI is InChI=1S/C9H9ClO2/c1-6-4-7(9(12)5-10)2-3-8(6)11/h2-4,11H,5H2,1H3. The Labute approximate surface area is 75.8 Å². The SMILES string of the molecule is Cc1cc(C(=O)CCl)ccc1O. The highest BCUT2D eigenvalue weighted by molar-refractivity contribution is 6.30. The molecular weight excluding hydrogens is 176 g/mol. The first-order chi connectivity index (χ1) is 5.65. The minimum atomic E-state index is -0.125. The van der Waals surface area contributed by atoms with E-state index in [0.29, 0.717) is 11.1 Å². The van der Waals surface area contributed by atoms with E-state index >= 15 is 0 Å². The number of benzene rings is 1. The second kappa shape index (κ2) is 3.59. The Balaban J connectivity index is 3.05. The van der Waals surface area contributed by atoms with E-state index in [1.807, 2.05) is 0 Å². The first kappa shape index (κ1) is 9.07. The van der Waals surface area contributed by atoms with Crippen molar-refractivity contribution in [3.63, 3.8) is 0 Å². The average molecular weight is 185 g/mol. The second-order valence-corrected chi connectivity index (χ2v) is 2.83. The maximum Gasteiger partial charge on any atom is 0.177 e. The van der Waals surface area contributed by atoms with Crippen LogP contribution in [0.1, 0.15) is 15.9 Å². The molecule has 3 heteroatoms. The van der Waals surface area contributed by atoms with E-state index in [1.54, 1.807) is 19.1 Å². The largest absolute Gasteiger partial charge is 0.508 e.